The van der Waals surface area contributed by atoms with Crippen molar-refractivity contribution in [2.45, 2.75) is 24.4 Å². The van der Waals surface area contributed by atoms with Gasteiger partial charge in [-0.25, -0.2) is 22.2 Å². The number of sulfonamides is 1. The van der Waals surface area contributed by atoms with Crippen LogP contribution in [0.3, 0.4) is 0 Å². The van der Waals surface area contributed by atoms with Gasteiger partial charge >= 0.3 is 0 Å². The fraction of sp³-hybridized carbons (Fsp3) is 0.263. The third kappa shape index (κ3) is 4.79. The minimum Gasteiger partial charge on any atom is -0.380 e. The number of nitrogens with zero attached hydrogens (tertiary/aromatic N) is 3. The Morgan fingerprint density at radius 3 is 2.58 bits per heavy atom. The lowest BCUT2D eigenvalue weighted by molar-refractivity contribution is 0.172. The van der Waals surface area contributed by atoms with E-state index in [4.69, 9.17) is 11.6 Å². The standard InChI is InChI=1S/C19H18ClF2N5O2S2/c20-16-15(23-9-12-4-1-2-5-13(12)10-27-6-3-7-27)8-14(21)18(17(16)22)31(28,29)26-19-24-11-25-30-19/h1-2,4-5,8,11,23H,3,6-7,9-10H2,(H,24,25,26). The van der Waals surface area contributed by atoms with Gasteiger partial charge in [-0.15, -0.1) is 0 Å². The van der Waals surface area contributed by atoms with E-state index in [9.17, 15) is 17.2 Å². The van der Waals surface area contributed by atoms with Crippen LogP contribution in [0.15, 0.2) is 41.6 Å². The Balaban J connectivity index is 1.56. The summed E-state index contributed by atoms with van der Waals surface area (Å²) in [6.45, 7) is 3.16. The maximum absolute atomic E-state index is 14.8. The van der Waals surface area contributed by atoms with Crippen molar-refractivity contribution in [2.24, 2.45) is 0 Å². The van der Waals surface area contributed by atoms with Crippen LogP contribution in [0.4, 0.5) is 19.6 Å². The van der Waals surface area contributed by atoms with Crippen LogP contribution < -0.4 is 10.0 Å². The molecule has 0 amide bonds. The number of hydrogen-bond acceptors (Lipinski definition) is 7. The Hall–Kier alpha value is -2.34. The van der Waals surface area contributed by atoms with Crippen molar-refractivity contribution in [3.8, 4) is 0 Å². The number of benzene rings is 2. The number of likely N-dealkylation sites (tertiary alicyclic amines) is 1. The van der Waals surface area contributed by atoms with Crippen LogP contribution in [0.25, 0.3) is 0 Å². The molecule has 3 aromatic rings. The first kappa shape index (κ1) is 21.9. The highest BCUT2D eigenvalue weighted by molar-refractivity contribution is 7.93. The van der Waals surface area contributed by atoms with Crippen LogP contribution in [-0.4, -0.2) is 35.8 Å². The van der Waals surface area contributed by atoms with Crippen molar-refractivity contribution < 1.29 is 17.2 Å². The van der Waals surface area contributed by atoms with Gasteiger partial charge in [0.15, 0.2) is 10.7 Å². The monoisotopic (exact) mass is 485 g/mol. The molecule has 2 heterocycles. The average Bonchev–Trinajstić information content (AvgIpc) is 3.19. The lowest BCUT2D eigenvalue weighted by Crippen LogP contribution is -2.36. The topological polar surface area (TPSA) is 87.2 Å². The van der Waals surface area contributed by atoms with E-state index in [1.165, 1.54) is 6.42 Å². The van der Waals surface area contributed by atoms with Gasteiger partial charge in [-0.3, -0.25) is 9.62 Å². The number of hydrogen-bond donors (Lipinski definition) is 2. The first-order valence-corrected chi connectivity index (χ1v) is 12.0. The normalized spacial score (nSPS) is 14.3. The van der Waals surface area contributed by atoms with E-state index in [0.29, 0.717) is 0 Å². The van der Waals surface area contributed by atoms with Gasteiger partial charge in [0.1, 0.15) is 17.2 Å². The van der Waals surface area contributed by atoms with Crippen LogP contribution in [0.2, 0.25) is 5.02 Å². The van der Waals surface area contributed by atoms with Gasteiger partial charge in [-0.2, -0.15) is 4.37 Å². The first-order valence-electron chi connectivity index (χ1n) is 9.35. The third-order valence-electron chi connectivity index (χ3n) is 4.90. The number of halogens is 3. The largest absolute Gasteiger partial charge is 0.380 e. The molecule has 0 saturated carbocycles. The Bertz CT molecular complexity index is 1190. The summed E-state index contributed by atoms with van der Waals surface area (Å²) in [4.78, 5) is 4.78. The van der Waals surface area contributed by atoms with Crippen molar-refractivity contribution in [3.63, 3.8) is 0 Å². The molecule has 0 aliphatic carbocycles. The molecule has 0 spiro atoms. The molecule has 2 N–H and O–H groups in total. The molecule has 4 rings (SSSR count). The molecule has 1 aromatic heterocycles. The summed E-state index contributed by atoms with van der Waals surface area (Å²) in [6.07, 6.45) is 2.30. The molecule has 0 radical (unpaired) electrons. The van der Waals surface area contributed by atoms with Gasteiger partial charge in [0.2, 0.25) is 5.13 Å². The zero-order valence-corrected chi connectivity index (χ0v) is 18.5. The Kier molecular flexibility index (Phi) is 6.37. The van der Waals surface area contributed by atoms with Crippen molar-refractivity contribution in [2.75, 3.05) is 23.1 Å². The molecule has 7 nitrogen and oxygen atoms in total. The number of anilines is 2. The van der Waals surface area contributed by atoms with Gasteiger partial charge in [0, 0.05) is 30.7 Å². The van der Waals surface area contributed by atoms with Crippen LogP contribution in [0.5, 0.6) is 0 Å². The van der Waals surface area contributed by atoms with Crippen molar-refractivity contribution in [1.82, 2.24) is 14.3 Å². The highest BCUT2D eigenvalue weighted by atomic mass is 35.5. The van der Waals surface area contributed by atoms with Gasteiger partial charge in [0.05, 0.1) is 5.69 Å². The summed E-state index contributed by atoms with van der Waals surface area (Å²) in [6, 6.07) is 8.63. The summed E-state index contributed by atoms with van der Waals surface area (Å²) >= 11 is 6.79. The third-order valence-corrected chi connectivity index (χ3v) is 7.35. The number of rotatable bonds is 8. The molecule has 0 unspecified atom stereocenters. The van der Waals surface area contributed by atoms with Crippen molar-refractivity contribution in [1.29, 1.82) is 0 Å². The molecule has 2 aromatic carbocycles. The molecule has 164 valence electrons. The molecule has 12 heteroatoms. The smallest absolute Gasteiger partial charge is 0.269 e. The lowest BCUT2D eigenvalue weighted by Gasteiger charge is -2.31. The maximum Gasteiger partial charge on any atom is 0.269 e. The maximum atomic E-state index is 14.8. The fourth-order valence-corrected chi connectivity index (χ4v) is 5.27. The molecule has 0 atom stereocenters. The van der Waals surface area contributed by atoms with E-state index in [-0.39, 0.29) is 17.4 Å². The highest BCUT2D eigenvalue weighted by Crippen LogP contribution is 2.33. The lowest BCUT2D eigenvalue weighted by atomic mass is 10.1. The Morgan fingerprint density at radius 2 is 1.94 bits per heavy atom. The molecular formula is C19H18ClF2N5O2S2. The van der Waals surface area contributed by atoms with Gasteiger partial charge < -0.3 is 5.32 Å². The molecule has 1 aliphatic heterocycles. The second-order valence-electron chi connectivity index (χ2n) is 6.97. The Labute approximate surface area is 187 Å². The number of nitrogens with one attached hydrogen (secondary N) is 2. The Morgan fingerprint density at radius 1 is 1.19 bits per heavy atom. The average molecular weight is 486 g/mol. The summed E-state index contributed by atoms with van der Waals surface area (Å²) in [5, 5.41) is 2.29. The molecule has 1 aliphatic rings. The molecule has 1 saturated heterocycles. The molecule has 0 bridgehead atoms. The van der Waals surface area contributed by atoms with E-state index in [2.05, 4.69) is 19.6 Å². The van der Waals surface area contributed by atoms with Crippen molar-refractivity contribution in [3.05, 3.63) is 64.4 Å². The van der Waals surface area contributed by atoms with Gasteiger partial charge in [0.25, 0.3) is 10.0 Å². The fourth-order valence-electron chi connectivity index (χ4n) is 3.19. The van der Waals surface area contributed by atoms with Crippen LogP contribution in [0, 0.1) is 11.6 Å². The predicted molar refractivity (Wildman–Crippen MR) is 116 cm³/mol. The summed E-state index contributed by atoms with van der Waals surface area (Å²) in [7, 11) is -4.58. The zero-order chi connectivity index (χ0) is 22.0. The van der Waals surface area contributed by atoms with Crippen LogP contribution >= 0.6 is 23.1 Å². The zero-order valence-electron chi connectivity index (χ0n) is 16.1. The van der Waals surface area contributed by atoms with Crippen LogP contribution in [-0.2, 0) is 23.1 Å². The van der Waals surface area contributed by atoms with Crippen LogP contribution in [0.1, 0.15) is 17.5 Å². The SMILES string of the molecule is O=S(=O)(Nc1ncns1)c1c(F)cc(NCc2ccccc2CN2CCC2)c(Cl)c1F. The van der Waals surface area contributed by atoms with E-state index < -0.39 is 31.6 Å². The highest BCUT2D eigenvalue weighted by Gasteiger charge is 2.29. The molecule has 31 heavy (non-hydrogen) atoms. The predicted octanol–water partition coefficient (Wildman–Crippen LogP) is 4.09. The van der Waals surface area contributed by atoms with Gasteiger partial charge in [-0.1, -0.05) is 35.9 Å². The summed E-state index contributed by atoms with van der Waals surface area (Å²) < 4.78 is 59.9. The molecule has 1 fully saturated rings. The second-order valence-corrected chi connectivity index (χ2v) is 9.74. The van der Waals surface area contributed by atoms with Gasteiger partial charge in [-0.05, 0) is 30.6 Å². The van der Waals surface area contributed by atoms with E-state index >= 15 is 0 Å². The number of aromatic nitrogens is 2. The van der Waals surface area contributed by atoms with E-state index in [0.717, 1.165) is 54.7 Å². The second kappa shape index (κ2) is 9.03. The van der Waals surface area contributed by atoms with E-state index in [1.54, 1.807) is 0 Å². The summed E-state index contributed by atoms with van der Waals surface area (Å²) in [5.41, 5.74) is 2.03. The minimum absolute atomic E-state index is 0.0368. The quantitative estimate of drug-likeness (QED) is 0.467. The first-order chi connectivity index (χ1) is 14.8. The van der Waals surface area contributed by atoms with Crippen molar-refractivity contribution >= 4 is 44.0 Å². The summed E-state index contributed by atoms with van der Waals surface area (Å²) in [5.74, 6) is -2.65. The van der Waals surface area contributed by atoms with E-state index in [1.807, 2.05) is 29.0 Å². The minimum atomic E-state index is -4.58. The molecular weight excluding hydrogens is 468 g/mol.